The molecule has 0 unspecified atom stereocenters. The van der Waals surface area contributed by atoms with Crippen LogP contribution in [0.4, 0.5) is 5.69 Å². The van der Waals surface area contributed by atoms with Gasteiger partial charge in [0.15, 0.2) is 0 Å². The number of hydrogen-bond acceptors (Lipinski definition) is 3. The molecule has 0 saturated heterocycles. The molecule has 15 heavy (non-hydrogen) atoms. The number of nitrogens with zero attached hydrogens (tertiary/aromatic N) is 1. The van der Waals surface area contributed by atoms with Gasteiger partial charge in [-0.3, -0.25) is 14.9 Å². The standard InChI is InChI=1S/C10H10BrNO3/c1-7-3-2-4-10(12(14)15)9(7)5-8(13)6-11/h2-4H,5-6H2,1H3. The molecule has 0 spiro atoms. The van der Waals surface area contributed by atoms with E-state index >= 15 is 0 Å². The summed E-state index contributed by atoms with van der Waals surface area (Å²) < 4.78 is 0. The summed E-state index contributed by atoms with van der Waals surface area (Å²) in [6, 6.07) is 4.81. The molecule has 5 heteroatoms. The molecule has 1 aromatic rings. The third-order valence-electron chi connectivity index (χ3n) is 2.11. The molecular weight excluding hydrogens is 262 g/mol. The van der Waals surface area contributed by atoms with E-state index in [2.05, 4.69) is 15.9 Å². The molecule has 4 nitrogen and oxygen atoms in total. The number of carbonyl (C=O) groups excluding carboxylic acids is 1. The Morgan fingerprint density at radius 3 is 2.73 bits per heavy atom. The molecule has 80 valence electrons. The van der Waals surface area contributed by atoms with Gasteiger partial charge in [0.2, 0.25) is 0 Å². The summed E-state index contributed by atoms with van der Waals surface area (Å²) in [6.45, 7) is 1.77. The van der Waals surface area contributed by atoms with Gasteiger partial charge in [-0.1, -0.05) is 28.1 Å². The minimum absolute atomic E-state index is 0.0179. The highest BCUT2D eigenvalue weighted by Gasteiger charge is 2.17. The van der Waals surface area contributed by atoms with Gasteiger partial charge in [-0.15, -0.1) is 0 Å². The number of aryl methyl sites for hydroxylation is 1. The number of alkyl halides is 1. The highest BCUT2D eigenvalue weighted by molar-refractivity contribution is 9.09. The van der Waals surface area contributed by atoms with Crippen LogP contribution >= 0.6 is 15.9 Å². The summed E-state index contributed by atoms with van der Waals surface area (Å²) in [5.41, 5.74) is 1.30. The molecule has 0 fully saturated rings. The Labute approximate surface area is 95.6 Å². The smallest absolute Gasteiger partial charge is 0.273 e. The summed E-state index contributed by atoms with van der Waals surface area (Å²) in [4.78, 5) is 21.5. The molecule has 0 saturated carbocycles. The van der Waals surface area contributed by atoms with Crippen LogP contribution in [-0.2, 0) is 11.2 Å². The summed E-state index contributed by atoms with van der Waals surface area (Å²) in [7, 11) is 0. The summed E-state index contributed by atoms with van der Waals surface area (Å²) in [5, 5.41) is 10.9. The van der Waals surface area contributed by atoms with E-state index in [0.29, 0.717) is 5.56 Å². The molecule has 0 aromatic heterocycles. The van der Waals surface area contributed by atoms with Crippen LogP contribution in [0.5, 0.6) is 0 Å². The lowest BCUT2D eigenvalue weighted by Crippen LogP contribution is -2.07. The molecule has 0 aliphatic carbocycles. The highest BCUT2D eigenvalue weighted by Crippen LogP contribution is 2.22. The number of ketones is 1. The third kappa shape index (κ3) is 2.86. The van der Waals surface area contributed by atoms with E-state index in [0.717, 1.165) is 5.56 Å². The van der Waals surface area contributed by atoms with Gasteiger partial charge in [0.1, 0.15) is 5.78 Å². The molecule has 1 rings (SSSR count). The Morgan fingerprint density at radius 2 is 2.20 bits per heavy atom. The number of benzene rings is 1. The fourth-order valence-electron chi connectivity index (χ4n) is 1.33. The van der Waals surface area contributed by atoms with Crippen molar-refractivity contribution in [2.45, 2.75) is 13.3 Å². The van der Waals surface area contributed by atoms with Gasteiger partial charge in [0, 0.05) is 18.1 Å². The van der Waals surface area contributed by atoms with Gasteiger partial charge in [-0.25, -0.2) is 0 Å². The minimum atomic E-state index is -0.455. The third-order valence-corrected chi connectivity index (χ3v) is 2.73. The van der Waals surface area contributed by atoms with E-state index < -0.39 is 4.92 Å². The van der Waals surface area contributed by atoms with Crippen LogP contribution in [0, 0.1) is 17.0 Å². The van der Waals surface area contributed by atoms with Crippen LogP contribution in [0.15, 0.2) is 18.2 Å². The lowest BCUT2D eigenvalue weighted by Gasteiger charge is -2.04. The van der Waals surface area contributed by atoms with Crippen LogP contribution in [0.25, 0.3) is 0 Å². The average Bonchev–Trinajstić information content (AvgIpc) is 2.20. The number of nitro benzene ring substituents is 1. The number of carbonyl (C=O) groups is 1. The van der Waals surface area contributed by atoms with Crippen LogP contribution in [-0.4, -0.2) is 16.0 Å². The maximum absolute atomic E-state index is 11.2. The molecule has 0 amide bonds. The Morgan fingerprint density at radius 1 is 1.53 bits per heavy atom. The van der Waals surface area contributed by atoms with Gasteiger partial charge < -0.3 is 0 Å². The first-order chi connectivity index (χ1) is 7.06. The second-order valence-electron chi connectivity index (χ2n) is 3.18. The predicted octanol–water partition coefficient (Wildman–Crippen LogP) is 2.41. The van der Waals surface area contributed by atoms with Gasteiger partial charge in [0.25, 0.3) is 5.69 Å². The van der Waals surface area contributed by atoms with Crippen molar-refractivity contribution in [3.8, 4) is 0 Å². The minimum Gasteiger partial charge on any atom is -0.298 e. The van der Waals surface area contributed by atoms with E-state index in [1.807, 2.05) is 0 Å². The number of Topliss-reactive ketones (excluding diaryl/α,β-unsaturated/α-hetero) is 1. The van der Waals surface area contributed by atoms with E-state index in [1.54, 1.807) is 19.1 Å². The molecule has 0 atom stereocenters. The number of nitro groups is 1. The highest BCUT2D eigenvalue weighted by atomic mass is 79.9. The summed E-state index contributed by atoms with van der Waals surface area (Å²) >= 11 is 3.04. The number of rotatable bonds is 4. The fraction of sp³-hybridized carbons (Fsp3) is 0.300. The van der Waals surface area contributed by atoms with Gasteiger partial charge in [-0.05, 0) is 12.5 Å². The SMILES string of the molecule is Cc1cccc([N+](=O)[O-])c1CC(=O)CBr. The monoisotopic (exact) mass is 271 g/mol. The van der Waals surface area contributed by atoms with Crippen molar-refractivity contribution < 1.29 is 9.72 Å². The van der Waals surface area contributed by atoms with E-state index in [-0.39, 0.29) is 23.2 Å². The largest absolute Gasteiger partial charge is 0.298 e. The van der Waals surface area contributed by atoms with Crippen molar-refractivity contribution in [1.82, 2.24) is 0 Å². The quantitative estimate of drug-likeness (QED) is 0.480. The molecule has 0 aliphatic heterocycles. The Balaban J connectivity index is 3.13. The van der Waals surface area contributed by atoms with Crippen LogP contribution in [0.1, 0.15) is 11.1 Å². The van der Waals surface area contributed by atoms with Gasteiger partial charge in [0.05, 0.1) is 10.3 Å². The summed E-state index contributed by atoms with van der Waals surface area (Å²) in [6.07, 6.45) is 0.105. The number of halogens is 1. The normalized spacial score (nSPS) is 10.0. The zero-order valence-electron chi connectivity index (χ0n) is 8.20. The molecular formula is C10H10BrNO3. The molecule has 1 aromatic carbocycles. The molecule has 0 aliphatic rings. The lowest BCUT2D eigenvalue weighted by molar-refractivity contribution is -0.385. The fourth-order valence-corrected chi connectivity index (χ4v) is 1.53. The second kappa shape index (κ2) is 5.02. The average molecular weight is 272 g/mol. The molecule has 0 bridgehead atoms. The van der Waals surface area contributed by atoms with Crippen LogP contribution in [0.2, 0.25) is 0 Å². The van der Waals surface area contributed by atoms with E-state index in [1.165, 1.54) is 6.07 Å². The first-order valence-corrected chi connectivity index (χ1v) is 5.49. The number of hydrogen-bond donors (Lipinski definition) is 0. The maximum atomic E-state index is 11.2. The molecule has 0 radical (unpaired) electrons. The van der Waals surface area contributed by atoms with Crippen molar-refractivity contribution in [2.75, 3.05) is 5.33 Å². The second-order valence-corrected chi connectivity index (χ2v) is 3.74. The zero-order valence-corrected chi connectivity index (χ0v) is 9.78. The summed E-state index contributed by atoms with van der Waals surface area (Å²) in [5.74, 6) is -0.0626. The topological polar surface area (TPSA) is 60.2 Å². The van der Waals surface area contributed by atoms with Crippen molar-refractivity contribution in [3.63, 3.8) is 0 Å². The Hall–Kier alpha value is -1.23. The van der Waals surface area contributed by atoms with Crippen molar-refractivity contribution in [2.24, 2.45) is 0 Å². The Bertz CT molecular complexity index is 404. The van der Waals surface area contributed by atoms with Crippen molar-refractivity contribution in [1.29, 1.82) is 0 Å². The molecule has 0 N–H and O–H groups in total. The first-order valence-electron chi connectivity index (χ1n) is 4.36. The first kappa shape index (κ1) is 11.8. The Kier molecular flexibility index (Phi) is 3.96. The van der Waals surface area contributed by atoms with Crippen LogP contribution in [0.3, 0.4) is 0 Å². The van der Waals surface area contributed by atoms with Crippen molar-refractivity contribution in [3.05, 3.63) is 39.4 Å². The van der Waals surface area contributed by atoms with Crippen LogP contribution < -0.4 is 0 Å². The van der Waals surface area contributed by atoms with E-state index in [4.69, 9.17) is 0 Å². The predicted molar refractivity (Wildman–Crippen MR) is 60.3 cm³/mol. The lowest BCUT2D eigenvalue weighted by atomic mass is 10.0. The zero-order chi connectivity index (χ0) is 11.4. The van der Waals surface area contributed by atoms with Gasteiger partial charge >= 0.3 is 0 Å². The van der Waals surface area contributed by atoms with Gasteiger partial charge in [-0.2, -0.15) is 0 Å². The van der Waals surface area contributed by atoms with E-state index in [9.17, 15) is 14.9 Å². The maximum Gasteiger partial charge on any atom is 0.273 e. The van der Waals surface area contributed by atoms with Crippen molar-refractivity contribution >= 4 is 27.4 Å². The molecule has 0 heterocycles.